The number of ketones is 1. The maximum atomic E-state index is 11.4. The fourth-order valence-corrected chi connectivity index (χ4v) is 1.92. The predicted molar refractivity (Wildman–Crippen MR) is 63.6 cm³/mol. The van der Waals surface area contributed by atoms with Gasteiger partial charge in [0.1, 0.15) is 5.75 Å². The average Bonchev–Trinajstić information content (AvgIpc) is 2.28. The van der Waals surface area contributed by atoms with Crippen LogP contribution in [-0.2, 0) is 11.2 Å². The first-order valence-corrected chi connectivity index (χ1v) is 5.59. The molecule has 0 spiro atoms. The van der Waals surface area contributed by atoms with Crippen molar-refractivity contribution < 1.29 is 9.53 Å². The monoisotopic (exact) mass is 216 g/mol. The zero-order valence-corrected chi connectivity index (χ0v) is 9.69. The Kier molecular flexibility index (Phi) is 2.82. The molecular weight excluding hydrogens is 200 g/mol. The van der Waals surface area contributed by atoms with Gasteiger partial charge in [-0.3, -0.25) is 4.79 Å². The van der Waals surface area contributed by atoms with Crippen molar-refractivity contribution >= 4 is 5.78 Å². The van der Waals surface area contributed by atoms with Gasteiger partial charge in [0.15, 0.2) is 5.78 Å². The van der Waals surface area contributed by atoms with Crippen molar-refractivity contribution in [2.75, 3.05) is 6.61 Å². The summed E-state index contributed by atoms with van der Waals surface area (Å²) in [5.41, 5.74) is 0.844. The Labute approximate surface area is 95.9 Å². The molecule has 0 aromatic heterocycles. The number of carbonyl (C=O) groups is 1. The Morgan fingerprint density at radius 1 is 1.38 bits per heavy atom. The van der Waals surface area contributed by atoms with Crippen molar-refractivity contribution in [1.82, 2.24) is 0 Å². The summed E-state index contributed by atoms with van der Waals surface area (Å²) in [6.45, 7) is 4.61. The molecule has 1 aromatic carbocycles. The second kappa shape index (κ2) is 4.12. The third-order valence-corrected chi connectivity index (χ3v) is 2.95. The van der Waals surface area contributed by atoms with Crippen LogP contribution in [0.2, 0.25) is 0 Å². The van der Waals surface area contributed by atoms with E-state index in [1.165, 1.54) is 0 Å². The molecule has 0 amide bonds. The minimum Gasteiger partial charge on any atom is -0.494 e. The van der Waals surface area contributed by atoms with Gasteiger partial charge in [0, 0.05) is 0 Å². The lowest BCUT2D eigenvalue weighted by Crippen LogP contribution is -2.33. The Morgan fingerprint density at radius 3 is 2.75 bits per heavy atom. The topological polar surface area (TPSA) is 26.3 Å². The number of carbonyl (C=O) groups excluding carboxylic acids is 1. The van der Waals surface area contributed by atoms with Crippen LogP contribution in [0.5, 0.6) is 5.75 Å². The number of ether oxygens (including phenoxy) is 1. The molecular formula is C14H16O2. The minimum absolute atomic E-state index is 0.217. The zero-order valence-electron chi connectivity index (χ0n) is 9.69. The van der Waals surface area contributed by atoms with Gasteiger partial charge in [-0.15, -0.1) is 0 Å². The first-order chi connectivity index (χ1) is 7.64. The molecule has 1 aromatic rings. The molecule has 0 radical (unpaired) electrons. The van der Waals surface area contributed by atoms with Crippen molar-refractivity contribution in [2.45, 2.75) is 20.3 Å². The van der Waals surface area contributed by atoms with Crippen LogP contribution in [0.15, 0.2) is 36.4 Å². The molecule has 0 saturated carbocycles. The third-order valence-electron chi connectivity index (χ3n) is 2.95. The Morgan fingerprint density at radius 2 is 2.19 bits per heavy atom. The molecule has 2 nitrogen and oxygen atoms in total. The molecule has 16 heavy (non-hydrogen) atoms. The molecule has 0 N–H and O–H groups in total. The lowest BCUT2D eigenvalue weighted by atomic mass is 9.72. The summed E-state index contributed by atoms with van der Waals surface area (Å²) < 4.78 is 5.44. The van der Waals surface area contributed by atoms with Gasteiger partial charge >= 0.3 is 0 Å². The smallest absolute Gasteiger partial charge is 0.165 e. The lowest BCUT2D eigenvalue weighted by molar-refractivity contribution is -0.122. The van der Waals surface area contributed by atoms with Crippen LogP contribution in [0.3, 0.4) is 0 Å². The Bertz CT molecular complexity index is 434. The number of rotatable bonds is 4. The molecule has 0 fully saturated rings. The maximum Gasteiger partial charge on any atom is 0.165 e. The van der Waals surface area contributed by atoms with E-state index in [0.29, 0.717) is 6.61 Å². The van der Waals surface area contributed by atoms with E-state index in [2.05, 4.69) is 0 Å². The van der Waals surface area contributed by atoms with Crippen molar-refractivity contribution in [3.63, 3.8) is 0 Å². The second-order valence-corrected chi connectivity index (χ2v) is 4.37. The minimum atomic E-state index is -0.301. The number of hydrogen-bond donors (Lipinski definition) is 0. The summed E-state index contributed by atoms with van der Waals surface area (Å²) in [4.78, 5) is 11.4. The number of benzene rings is 1. The zero-order chi connectivity index (χ0) is 11.6. The molecule has 1 aliphatic rings. The highest BCUT2D eigenvalue weighted by Gasteiger charge is 2.35. The van der Waals surface area contributed by atoms with Gasteiger partial charge in [-0.2, -0.15) is 0 Å². The average molecular weight is 216 g/mol. The summed E-state index contributed by atoms with van der Waals surface area (Å²) in [5.74, 6) is 1.09. The van der Waals surface area contributed by atoms with E-state index < -0.39 is 0 Å². The first-order valence-electron chi connectivity index (χ1n) is 5.59. The van der Waals surface area contributed by atoms with E-state index in [1.807, 2.05) is 44.2 Å². The highest BCUT2D eigenvalue weighted by Crippen LogP contribution is 2.33. The fourth-order valence-electron chi connectivity index (χ4n) is 1.92. The van der Waals surface area contributed by atoms with Crippen LogP contribution < -0.4 is 4.74 Å². The highest BCUT2D eigenvalue weighted by atomic mass is 16.5. The van der Waals surface area contributed by atoms with E-state index in [4.69, 9.17) is 4.74 Å². The quantitative estimate of drug-likeness (QED) is 0.773. The van der Waals surface area contributed by atoms with Crippen molar-refractivity contribution in [2.24, 2.45) is 5.41 Å². The molecule has 0 bridgehead atoms. The van der Waals surface area contributed by atoms with Crippen LogP contribution in [0.25, 0.3) is 0 Å². The van der Waals surface area contributed by atoms with Crippen LogP contribution in [0, 0.1) is 5.41 Å². The molecule has 0 aliphatic heterocycles. The van der Waals surface area contributed by atoms with Gasteiger partial charge in [0.05, 0.1) is 12.0 Å². The molecule has 1 aliphatic carbocycles. The van der Waals surface area contributed by atoms with Crippen LogP contribution in [0.4, 0.5) is 0 Å². The summed E-state index contributed by atoms with van der Waals surface area (Å²) in [5, 5.41) is 0. The van der Waals surface area contributed by atoms with Crippen LogP contribution >= 0.6 is 0 Å². The standard InChI is InChI=1S/C14H16O2/c1-3-16-12-6-4-5-11(9-12)10-14(2)8-7-13(14)15/h4-9H,3,10H2,1-2H3. The van der Waals surface area contributed by atoms with E-state index in [0.717, 1.165) is 17.7 Å². The number of hydrogen-bond acceptors (Lipinski definition) is 2. The summed E-state index contributed by atoms with van der Waals surface area (Å²) in [7, 11) is 0. The Hall–Kier alpha value is -1.57. The summed E-state index contributed by atoms with van der Waals surface area (Å²) >= 11 is 0. The van der Waals surface area contributed by atoms with Gasteiger partial charge in [-0.05, 0) is 44.0 Å². The highest BCUT2D eigenvalue weighted by molar-refractivity contribution is 6.02. The normalized spacial score (nSPS) is 23.0. The van der Waals surface area contributed by atoms with E-state index in [9.17, 15) is 4.79 Å². The van der Waals surface area contributed by atoms with E-state index >= 15 is 0 Å². The van der Waals surface area contributed by atoms with Crippen molar-refractivity contribution in [3.05, 3.63) is 42.0 Å². The SMILES string of the molecule is CCOc1cccc(CC2(C)C=CC2=O)c1. The fraction of sp³-hybridized carbons (Fsp3) is 0.357. The first kappa shape index (κ1) is 10.9. The van der Waals surface area contributed by atoms with Crippen LogP contribution in [0.1, 0.15) is 19.4 Å². The molecule has 84 valence electrons. The molecule has 1 atom stereocenters. The molecule has 2 rings (SSSR count). The lowest BCUT2D eigenvalue weighted by Gasteiger charge is -2.29. The number of allylic oxidation sites excluding steroid dienone is 2. The maximum absolute atomic E-state index is 11.4. The second-order valence-electron chi connectivity index (χ2n) is 4.37. The van der Waals surface area contributed by atoms with Gasteiger partial charge in [-0.1, -0.05) is 18.2 Å². The van der Waals surface area contributed by atoms with Crippen molar-refractivity contribution in [3.8, 4) is 5.75 Å². The van der Waals surface area contributed by atoms with Gasteiger partial charge in [-0.25, -0.2) is 0 Å². The van der Waals surface area contributed by atoms with Gasteiger partial charge < -0.3 is 4.74 Å². The van der Waals surface area contributed by atoms with Gasteiger partial charge in [0.25, 0.3) is 0 Å². The van der Waals surface area contributed by atoms with E-state index in [-0.39, 0.29) is 11.2 Å². The van der Waals surface area contributed by atoms with Crippen molar-refractivity contribution in [1.29, 1.82) is 0 Å². The van der Waals surface area contributed by atoms with Gasteiger partial charge in [0.2, 0.25) is 0 Å². The van der Waals surface area contributed by atoms with Crippen LogP contribution in [-0.4, -0.2) is 12.4 Å². The summed E-state index contributed by atoms with van der Waals surface area (Å²) in [6.07, 6.45) is 4.37. The predicted octanol–water partition coefficient (Wildman–Crippen LogP) is 2.77. The molecule has 0 heterocycles. The van der Waals surface area contributed by atoms with E-state index in [1.54, 1.807) is 6.08 Å². The molecule has 2 heteroatoms. The molecule has 1 unspecified atom stereocenters. The largest absolute Gasteiger partial charge is 0.494 e. The molecule has 0 saturated heterocycles. The Balaban J connectivity index is 2.13. The third kappa shape index (κ3) is 2.01. The summed E-state index contributed by atoms with van der Waals surface area (Å²) in [6, 6.07) is 7.95.